The summed E-state index contributed by atoms with van der Waals surface area (Å²) in [6.45, 7) is 6.75. The van der Waals surface area contributed by atoms with E-state index < -0.39 is 0 Å². The minimum Gasteiger partial charge on any atom is -0.341 e. The van der Waals surface area contributed by atoms with Crippen LogP contribution in [0.3, 0.4) is 0 Å². The van der Waals surface area contributed by atoms with Crippen LogP contribution in [0.1, 0.15) is 39.0 Å². The Hall–Kier alpha value is -0.610. The van der Waals surface area contributed by atoms with E-state index in [1.54, 1.807) is 0 Å². The summed E-state index contributed by atoms with van der Waals surface area (Å²) in [5.74, 6) is 0.916. The zero-order chi connectivity index (χ0) is 13.0. The molecule has 2 heterocycles. The van der Waals surface area contributed by atoms with Crippen LogP contribution in [0.2, 0.25) is 0 Å². The Balaban J connectivity index is 1.87. The maximum absolute atomic E-state index is 12.5. The number of hydrogen-bond acceptors (Lipinski definition) is 3. The lowest BCUT2D eigenvalue weighted by Crippen LogP contribution is -2.46. The van der Waals surface area contributed by atoms with Gasteiger partial charge in [-0.15, -0.1) is 0 Å². The highest BCUT2D eigenvalue weighted by atomic mass is 16.2. The second-order valence-electron chi connectivity index (χ2n) is 5.80. The van der Waals surface area contributed by atoms with Crippen molar-refractivity contribution >= 4 is 5.91 Å². The molecule has 0 aliphatic carbocycles. The molecule has 0 saturated carbocycles. The second kappa shape index (κ2) is 6.53. The van der Waals surface area contributed by atoms with Gasteiger partial charge in [0.15, 0.2) is 0 Å². The fraction of sp³-hybridized carbons (Fsp3) is 0.929. The lowest BCUT2D eigenvalue weighted by Gasteiger charge is -2.29. The molecule has 18 heavy (non-hydrogen) atoms. The topological polar surface area (TPSA) is 49.6 Å². The molecule has 0 aromatic heterocycles. The molecule has 0 aromatic rings. The van der Waals surface area contributed by atoms with Crippen LogP contribution in [-0.2, 0) is 4.79 Å². The van der Waals surface area contributed by atoms with Crippen molar-refractivity contribution in [3.05, 3.63) is 0 Å². The normalized spacial score (nSPS) is 28.1. The fourth-order valence-corrected chi connectivity index (χ4v) is 3.12. The van der Waals surface area contributed by atoms with Crippen molar-refractivity contribution in [1.29, 1.82) is 0 Å². The van der Waals surface area contributed by atoms with E-state index in [4.69, 9.17) is 5.73 Å². The van der Waals surface area contributed by atoms with Gasteiger partial charge in [-0.05, 0) is 45.2 Å². The Morgan fingerprint density at radius 2 is 1.89 bits per heavy atom. The molecule has 0 aromatic carbocycles. The van der Waals surface area contributed by atoms with Crippen molar-refractivity contribution in [1.82, 2.24) is 9.80 Å². The van der Waals surface area contributed by atoms with E-state index in [1.165, 1.54) is 25.7 Å². The molecule has 0 spiro atoms. The van der Waals surface area contributed by atoms with Gasteiger partial charge in [-0.3, -0.25) is 9.69 Å². The van der Waals surface area contributed by atoms with Gasteiger partial charge < -0.3 is 10.6 Å². The van der Waals surface area contributed by atoms with Gasteiger partial charge in [0.25, 0.3) is 0 Å². The lowest BCUT2D eigenvalue weighted by molar-refractivity contribution is -0.136. The molecule has 2 atom stereocenters. The number of hydrogen-bond donors (Lipinski definition) is 1. The van der Waals surface area contributed by atoms with E-state index in [1.807, 2.05) is 0 Å². The number of nitrogens with zero attached hydrogens (tertiary/aromatic N) is 2. The van der Waals surface area contributed by atoms with Gasteiger partial charge in [-0.25, -0.2) is 0 Å². The smallest absolute Gasteiger partial charge is 0.239 e. The monoisotopic (exact) mass is 253 g/mol. The van der Waals surface area contributed by atoms with E-state index in [2.05, 4.69) is 16.7 Å². The highest BCUT2D eigenvalue weighted by Crippen LogP contribution is 2.19. The maximum atomic E-state index is 12.5. The molecule has 0 bridgehead atoms. The summed E-state index contributed by atoms with van der Waals surface area (Å²) in [6.07, 6.45) is 6.04. The van der Waals surface area contributed by atoms with Crippen molar-refractivity contribution in [2.75, 3.05) is 32.7 Å². The summed E-state index contributed by atoms with van der Waals surface area (Å²) in [5.41, 5.74) is 5.71. The van der Waals surface area contributed by atoms with Gasteiger partial charge in [0.1, 0.15) is 0 Å². The van der Waals surface area contributed by atoms with E-state index in [0.29, 0.717) is 11.8 Å². The van der Waals surface area contributed by atoms with Crippen LogP contribution in [-0.4, -0.2) is 54.5 Å². The van der Waals surface area contributed by atoms with Crippen molar-refractivity contribution in [3.8, 4) is 0 Å². The third kappa shape index (κ3) is 3.23. The molecule has 104 valence electrons. The summed E-state index contributed by atoms with van der Waals surface area (Å²) < 4.78 is 0. The molecule has 2 saturated heterocycles. The Bertz CT molecular complexity index is 274. The number of carbonyl (C=O) groups excluding carboxylic acids is 1. The van der Waals surface area contributed by atoms with Gasteiger partial charge in [-0.1, -0.05) is 12.8 Å². The molecule has 2 unspecified atom stereocenters. The summed E-state index contributed by atoms with van der Waals surface area (Å²) in [7, 11) is 0. The van der Waals surface area contributed by atoms with Crippen molar-refractivity contribution in [2.24, 2.45) is 11.7 Å². The van der Waals surface area contributed by atoms with Gasteiger partial charge in [0.2, 0.25) is 5.91 Å². The molecular formula is C14H27N3O. The van der Waals surface area contributed by atoms with Gasteiger partial charge >= 0.3 is 0 Å². The first-order valence-corrected chi connectivity index (χ1v) is 7.45. The summed E-state index contributed by atoms with van der Waals surface area (Å²) in [4.78, 5) is 16.9. The standard InChI is InChI=1S/C14H27N3O/c1-12(17-9-6-13(10-15)11-17)14(18)16-7-4-2-3-5-8-16/h12-13H,2-11,15H2,1H3. The van der Waals surface area contributed by atoms with E-state index in [9.17, 15) is 4.79 Å². The van der Waals surface area contributed by atoms with Crippen LogP contribution in [0.4, 0.5) is 0 Å². The lowest BCUT2D eigenvalue weighted by atomic mass is 10.1. The molecule has 4 heteroatoms. The predicted molar refractivity (Wildman–Crippen MR) is 73.2 cm³/mol. The number of rotatable bonds is 3. The van der Waals surface area contributed by atoms with E-state index in [0.717, 1.165) is 39.1 Å². The number of nitrogens with two attached hydrogens (primary N) is 1. The van der Waals surface area contributed by atoms with Crippen LogP contribution in [0.15, 0.2) is 0 Å². The summed E-state index contributed by atoms with van der Waals surface area (Å²) >= 11 is 0. The molecule has 2 rings (SSSR count). The zero-order valence-electron chi connectivity index (χ0n) is 11.6. The third-order valence-corrected chi connectivity index (χ3v) is 4.47. The maximum Gasteiger partial charge on any atom is 0.239 e. The number of amides is 1. The SMILES string of the molecule is CC(C(=O)N1CCCCCC1)N1CCC(CN)C1. The minimum absolute atomic E-state index is 0.0413. The van der Waals surface area contributed by atoms with Crippen molar-refractivity contribution < 1.29 is 4.79 Å². The Kier molecular flexibility index (Phi) is 5.01. The van der Waals surface area contributed by atoms with Gasteiger partial charge in [0, 0.05) is 19.6 Å². The number of carbonyl (C=O) groups is 1. The van der Waals surface area contributed by atoms with Gasteiger partial charge in [-0.2, -0.15) is 0 Å². The van der Waals surface area contributed by atoms with Crippen molar-refractivity contribution in [3.63, 3.8) is 0 Å². The predicted octanol–water partition coefficient (Wildman–Crippen LogP) is 1.06. The molecular weight excluding hydrogens is 226 g/mol. The molecule has 2 aliphatic rings. The first-order valence-electron chi connectivity index (χ1n) is 7.45. The molecule has 0 radical (unpaired) electrons. The van der Waals surface area contributed by atoms with Gasteiger partial charge in [0.05, 0.1) is 6.04 Å². The average Bonchev–Trinajstić information content (AvgIpc) is 2.71. The Morgan fingerprint density at radius 3 is 2.44 bits per heavy atom. The van der Waals surface area contributed by atoms with Crippen molar-refractivity contribution in [2.45, 2.75) is 45.1 Å². The molecule has 2 fully saturated rings. The first kappa shape index (κ1) is 13.8. The minimum atomic E-state index is 0.0413. The van der Waals surface area contributed by atoms with Crippen LogP contribution >= 0.6 is 0 Å². The summed E-state index contributed by atoms with van der Waals surface area (Å²) in [5, 5.41) is 0. The zero-order valence-corrected chi connectivity index (χ0v) is 11.6. The average molecular weight is 253 g/mol. The molecule has 2 N–H and O–H groups in total. The van der Waals surface area contributed by atoms with Crippen LogP contribution in [0.25, 0.3) is 0 Å². The highest BCUT2D eigenvalue weighted by Gasteiger charge is 2.31. The van der Waals surface area contributed by atoms with Crippen LogP contribution in [0.5, 0.6) is 0 Å². The molecule has 1 amide bonds. The van der Waals surface area contributed by atoms with E-state index in [-0.39, 0.29) is 6.04 Å². The number of likely N-dealkylation sites (tertiary alicyclic amines) is 2. The largest absolute Gasteiger partial charge is 0.341 e. The molecule has 2 aliphatic heterocycles. The summed E-state index contributed by atoms with van der Waals surface area (Å²) in [6, 6.07) is 0.0413. The highest BCUT2D eigenvalue weighted by molar-refractivity contribution is 5.81. The van der Waals surface area contributed by atoms with E-state index >= 15 is 0 Å². The quantitative estimate of drug-likeness (QED) is 0.818. The Labute approximate surface area is 110 Å². The first-order chi connectivity index (χ1) is 8.72. The Morgan fingerprint density at radius 1 is 1.22 bits per heavy atom. The van der Waals surface area contributed by atoms with Crippen LogP contribution < -0.4 is 5.73 Å². The molecule has 4 nitrogen and oxygen atoms in total. The third-order valence-electron chi connectivity index (χ3n) is 4.47. The fourth-order valence-electron chi connectivity index (χ4n) is 3.12. The van der Waals surface area contributed by atoms with Crippen LogP contribution in [0, 0.1) is 5.92 Å². The second-order valence-corrected chi connectivity index (χ2v) is 5.80.